The van der Waals surface area contributed by atoms with Gasteiger partial charge in [0, 0.05) is 0 Å². The number of nitro groups is 1. The van der Waals surface area contributed by atoms with Gasteiger partial charge < -0.3 is 0 Å². The molecule has 15 heavy (non-hydrogen) atoms. The molecule has 6 heteroatoms. The van der Waals surface area contributed by atoms with E-state index in [0.717, 1.165) is 6.92 Å². The van der Waals surface area contributed by atoms with Gasteiger partial charge in [-0.15, -0.1) is 0 Å². The molecule has 0 aromatic heterocycles. The molecule has 0 saturated heterocycles. The predicted molar refractivity (Wildman–Crippen MR) is 52.8 cm³/mol. The van der Waals surface area contributed by atoms with Gasteiger partial charge in [0.25, 0.3) is 5.69 Å². The third kappa shape index (κ3) is 1.95. The van der Waals surface area contributed by atoms with E-state index in [1.165, 1.54) is 12.1 Å². The first-order valence-electron chi connectivity index (χ1n) is 3.87. The number of halogens is 1. The Bertz CT molecular complexity index is 491. The van der Waals surface area contributed by atoms with Crippen molar-refractivity contribution < 1.29 is 9.72 Å². The second-order valence-corrected chi connectivity index (χ2v) is 3.15. The lowest BCUT2D eigenvalue weighted by atomic mass is 10.0. The average molecular weight is 225 g/mol. The zero-order valence-electron chi connectivity index (χ0n) is 7.65. The first-order chi connectivity index (χ1) is 6.99. The molecule has 0 atom stereocenters. The van der Waals surface area contributed by atoms with Crippen LogP contribution in [0.5, 0.6) is 0 Å². The monoisotopic (exact) mass is 224 g/mol. The molecular weight excluding hydrogens is 220 g/mol. The Labute approximate surface area is 90.0 Å². The van der Waals surface area contributed by atoms with E-state index in [2.05, 4.69) is 0 Å². The van der Waals surface area contributed by atoms with Crippen LogP contribution < -0.4 is 0 Å². The number of nitrogens with zero attached hydrogens (tertiary/aromatic N) is 2. The second-order valence-electron chi connectivity index (χ2n) is 2.74. The topological polar surface area (TPSA) is 84.0 Å². The number of hydrogen-bond acceptors (Lipinski definition) is 4. The van der Waals surface area contributed by atoms with Gasteiger partial charge in [-0.2, -0.15) is 5.26 Å². The zero-order valence-corrected chi connectivity index (χ0v) is 8.41. The van der Waals surface area contributed by atoms with Crippen molar-refractivity contribution in [1.82, 2.24) is 0 Å². The number of rotatable bonds is 2. The second kappa shape index (κ2) is 4.07. The van der Waals surface area contributed by atoms with Crippen LogP contribution in [0.15, 0.2) is 12.1 Å². The number of Topliss-reactive ketones (excluding diaryl/α,β-unsaturated/α-hetero) is 1. The van der Waals surface area contributed by atoms with Gasteiger partial charge in [-0.1, -0.05) is 11.6 Å². The van der Waals surface area contributed by atoms with Crippen LogP contribution in [0.3, 0.4) is 0 Å². The van der Waals surface area contributed by atoms with Crippen molar-refractivity contribution >= 4 is 23.1 Å². The lowest BCUT2D eigenvalue weighted by molar-refractivity contribution is -0.385. The van der Waals surface area contributed by atoms with E-state index in [4.69, 9.17) is 16.9 Å². The summed E-state index contributed by atoms with van der Waals surface area (Å²) in [6.45, 7) is 1.15. The van der Waals surface area contributed by atoms with Crippen molar-refractivity contribution in [1.29, 1.82) is 5.26 Å². The van der Waals surface area contributed by atoms with E-state index in [9.17, 15) is 14.9 Å². The minimum absolute atomic E-state index is 0.0430. The smallest absolute Gasteiger partial charge is 0.294 e. The minimum Gasteiger partial charge on any atom is -0.294 e. The fourth-order valence-electron chi connectivity index (χ4n) is 1.19. The molecule has 0 aliphatic rings. The SMILES string of the molecule is CC(=O)c1c(C#N)ccc(Cl)c1[N+](=O)[O-]. The molecule has 0 amide bonds. The van der Waals surface area contributed by atoms with Crippen molar-refractivity contribution in [2.45, 2.75) is 6.92 Å². The Morgan fingerprint density at radius 3 is 2.60 bits per heavy atom. The number of carbonyl (C=O) groups is 1. The largest absolute Gasteiger partial charge is 0.299 e. The van der Waals surface area contributed by atoms with Gasteiger partial charge in [-0.25, -0.2) is 0 Å². The van der Waals surface area contributed by atoms with Crippen molar-refractivity contribution in [3.63, 3.8) is 0 Å². The van der Waals surface area contributed by atoms with Gasteiger partial charge in [-0.3, -0.25) is 14.9 Å². The molecule has 0 aliphatic heterocycles. The summed E-state index contributed by atoms with van der Waals surface area (Å²) in [6, 6.07) is 4.23. The highest BCUT2D eigenvalue weighted by Gasteiger charge is 2.25. The fourth-order valence-corrected chi connectivity index (χ4v) is 1.42. The Kier molecular flexibility index (Phi) is 3.02. The molecule has 0 fully saturated rings. The molecule has 5 nitrogen and oxygen atoms in total. The number of hydrogen-bond donors (Lipinski definition) is 0. The first-order valence-corrected chi connectivity index (χ1v) is 4.24. The van der Waals surface area contributed by atoms with Crippen LogP contribution in [0.1, 0.15) is 22.8 Å². The molecule has 0 radical (unpaired) electrons. The van der Waals surface area contributed by atoms with Gasteiger partial charge in [0.15, 0.2) is 5.78 Å². The average Bonchev–Trinajstić information content (AvgIpc) is 2.16. The van der Waals surface area contributed by atoms with Gasteiger partial charge >= 0.3 is 0 Å². The van der Waals surface area contributed by atoms with Crippen LogP contribution in [0.4, 0.5) is 5.69 Å². The number of benzene rings is 1. The number of carbonyl (C=O) groups excluding carboxylic acids is 1. The van der Waals surface area contributed by atoms with E-state index in [-0.39, 0.29) is 16.1 Å². The molecule has 0 unspecified atom stereocenters. The molecule has 0 saturated carbocycles. The van der Waals surface area contributed by atoms with Crippen LogP contribution in [0, 0.1) is 21.4 Å². The standard InChI is InChI=1S/C9H5ClN2O3/c1-5(13)8-6(4-11)2-3-7(10)9(8)12(14)15/h2-3H,1H3. The minimum atomic E-state index is -0.764. The summed E-state index contributed by atoms with van der Waals surface area (Å²) in [6.07, 6.45) is 0. The van der Waals surface area contributed by atoms with Crippen LogP contribution in [-0.4, -0.2) is 10.7 Å². The molecule has 0 aliphatic carbocycles. The van der Waals surface area contributed by atoms with Crippen molar-refractivity contribution in [2.24, 2.45) is 0 Å². The molecule has 0 bridgehead atoms. The molecule has 76 valence electrons. The Hall–Kier alpha value is -1.93. The molecule has 0 spiro atoms. The van der Waals surface area contributed by atoms with E-state index >= 15 is 0 Å². The molecule has 1 aromatic carbocycles. The molecule has 1 aromatic rings. The maximum atomic E-state index is 11.2. The number of ketones is 1. The molecule has 0 N–H and O–H groups in total. The highest BCUT2D eigenvalue weighted by atomic mass is 35.5. The van der Waals surface area contributed by atoms with Gasteiger partial charge in [0.2, 0.25) is 0 Å². The first kappa shape index (κ1) is 11.1. The van der Waals surface area contributed by atoms with Crippen LogP contribution >= 0.6 is 11.6 Å². The van der Waals surface area contributed by atoms with Gasteiger partial charge in [0.1, 0.15) is 16.7 Å². The van der Waals surface area contributed by atoms with Crippen molar-refractivity contribution in [2.75, 3.05) is 0 Å². The summed E-state index contributed by atoms with van der Waals surface area (Å²) in [5.74, 6) is -0.555. The van der Waals surface area contributed by atoms with Crippen LogP contribution in [0.2, 0.25) is 5.02 Å². The highest BCUT2D eigenvalue weighted by Crippen LogP contribution is 2.30. The number of nitriles is 1. The van der Waals surface area contributed by atoms with Crippen LogP contribution in [-0.2, 0) is 0 Å². The van der Waals surface area contributed by atoms with Crippen molar-refractivity contribution in [3.05, 3.63) is 38.4 Å². The van der Waals surface area contributed by atoms with Crippen molar-refractivity contribution in [3.8, 4) is 6.07 Å². The van der Waals surface area contributed by atoms with Gasteiger partial charge in [-0.05, 0) is 19.1 Å². The highest BCUT2D eigenvalue weighted by molar-refractivity contribution is 6.33. The summed E-state index contributed by atoms with van der Waals surface area (Å²) in [7, 11) is 0. The summed E-state index contributed by atoms with van der Waals surface area (Å²) in [4.78, 5) is 21.1. The quantitative estimate of drug-likeness (QED) is 0.438. The molecular formula is C9H5ClN2O3. The van der Waals surface area contributed by atoms with Crippen LogP contribution in [0.25, 0.3) is 0 Å². The Morgan fingerprint density at radius 2 is 2.20 bits per heavy atom. The summed E-state index contributed by atoms with van der Waals surface area (Å²) in [5.41, 5.74) is -0.795. The summed E-state index contributed by atoms with van der Waals surface area (Å²) >= 11 is 5.59. The lowest BCUT2D eigenvalue weighted by Gasteiger charge is -2.02. The lowest BCUT2D eigenvalue weighted by Crippen LogP contribution is -2.04. The normalized spacial score (nSPS) is 9.40. The Balaban J connectivity index is 3.68. The van der Waals surface area contributed by atoms with E-state index in [1.807, 2.05) is 0 Å². The maximum Gasteiger partial charge on any atom is 0.299 e. The fraction of sp³-hybridized carbons (Fsp3) is 0.111. The van der Waals surface area contributed by atoms with Gasteiger partial charge in [0.05, 0.1) is 10.5 Å². The summed E-state index contributed by atoms with van der Waals surface area (Å²) < 4.78 is 0. The number of nitro benzene ring substituents is 1. The third-order valence-corrected chi connectivity index (χ3v) is 2.09. The predicted octanol–water partition coefficient (Wildman–Crippen LogP) is 2.32. The van der Waals surface area contributed by atoms with E-state index < -0.39 is 16.4 Å². The Morgan fingerprint density at radius 1 is 1.60 bits per heavy atom. The summed E-state index contributed by atoms with van der Waals surface area (Å²) in [5, 5.41) is 19.2. The van der Waals surface area contributed by atoms with E-state index in [0.29, 0.717) is 0 Å². The van der Waals surface area contributed by atoms with E-state index in [1.54, 1.807) is 6.07 Å². The zero-order chi connectivity index (χ0) is 11.6. The molecule has 1 rings (SSSR count). The molecule has 0 heterocycles. The maximum absolute atomic E-state index is 11.2. The third-order valence-electron chi connectivity index (χ3n) is 1.78.